The molecule has 0 saturated heterocycles. The van der Waals surface area contributed by atoms with Gasteiger partial charge in [-0.25, -0.2) is 10.2 Å². The van der Waals surface area contributed by atoms with E-state index in [1.165, 1.54) is 13.3 Å². The first kappa shape index (κ1) is 19.7. The molecule has 0 aliphatic rings. The van der Waals surface area contributed by atoms with Crippen LogP contribution in [0.3, 0.4) is 0 Å². The number of hydrogen-bond acceptors (Lipinski definition) is 5. The lowest BCUT2D eigenvalue weighted by Gasteiger charge is -2.12. The van der Waals surface area contributed by atoms with Crippen molar-refractivity contribution in [2.45, 2.75) is 6.92 Å². The number of hydrogen-bond donors (Lipinski definition) is 2. The summed E-state index contributed by atoms with van der Waals surface area (Å²) in [5.41, 5.74) is 4.55. The van der Waals surface area contributed by atoms with Crippen molar-refractivity contribution in [3.05, 3.63) is 56.7 Å². The summed E-state index contributed by atoms with van der Waals surface area (Å²) in [5, 5.41) is 12.7. The summed E-state index contributed by atoms with van der Waals surface area (Å²) in [4.78, 5) is 22.8. The number of carbonyl (C=O) groups is 2. The van der Waals surface area contributed by atoms with Gasteiger partial charge in [0.2, 0.25) is 0 Å². The number of aliphatic carboxylic acids is 1. The lowest BCUT2D eigenvalue weighted by Crippen LogP contribution is -2.18. The molecule has 1 amide bonds. The lowest BCUT2D eigenvalue weighted by molar-refractivity contribution is -0.139. The number of aryl methyl sites for hydroxylation is 1. The van der Waals surface area contributed by atoms with E-state index in [0.29, 0.717) is 26.2 Å². The Labute approximate surface area is 164 Å². The van der Waals surface area contributed by atoms with Crippen LogP contribution < -0.4 is 14.9 Å². The molecule has 2 N–H and O–H groups in total. The van der Waals surface area contributed by atoms with E-state index in [2.05, 4.69) is 10.5 Å². The fourth-order valence-corrected chi connectivity index (χ4v) is 2.92. The third kappa shape index (κ3) is 5.19. The highest BCUT2D eigenvalue weighted by molar-refractivity contribution is 14.1. The average molecular weight is 468 g/mol. The van der Waals surface area contributed by atoms with E-state index in [4.69, 9.17) is 14.6 Å². The highest BCUT2D eigenvalue weighted by Crippen LogP contribution is 2.33. The number of benzene rings is 2. The Morgan fingerprint density at radius 3 is 2.69 bits per heavy atom. The van der Waals surface area contributed by atoms with E-state index >= 15 is 0 Å². The van der Waals surface area contributed by atoms with Gasteiger partial charge in [0.15, 0.2) is 18.1 Å². The first-order valence-corrected chi connectivity index (χ1v) is 8.61. The summed E-state index contributed by atoms with van der Waals surface area (Å²) in [6.45, 7) is 1.38. The van der Waals surface area contributed by atoms with Gasteiger partial charge in [-0.2, -0.15) is 5.10 Å². The summed E-state index contributed by atoms with van der Waals surface area (Å²) < 4.78 is 11.1. The van der Waals surface area contributed by atoms with Gasteiger partial charge < -0.3 is 14.6 Å². The zero-order valence-electron chi connectivity index (χ0n) is 14.2. The van der Waals surface area contributed by atoms with E-state index in [-0.39, 0.29) is 5.91 Å². The van der Waals surface area contributed by atoms with Crippen LogP contribution in [0.2, 0.25) is 0 Å². The predicted octanol–water partition coefficient (Wildman–Crippen LogP) is 2.84. The number of methoxy groups -OCH3 is 1. The second-order valence-corrected chi connectivity index (χ2v) is 6.39. The highest BCUT2D eigenvalue weighted by Gasteiger charge is 2.13. The normalized spacial score (nSPS) is 10.6. The van der Waals surface area contributed by atoms with Crippen molar-refractivity contribution in [2.24, 2.45) is 5.10 Å². The van der Waals surface area contributed by atoms with Gasteiger partial charge in [-0.05, 0) is 58.8 Å². The monoisotopic (exact) mass is 468 g/mol. The first-order valence-electron chi connectivity index (χ1n) is 7.53. The zero-order valence-corrected chi connectivity index (χ0v) is 16.3. The molecular weight excluding hydrogens is 451 g/mol. The molecule has 0 saturated carbocycles. The highest BCUT2D eigenvalue weighted by atomic mass is 127. The Morgan fingerprint density at radius 1 is 1.31 bits per heavy atom. The van der Waals surface area contributed by atoms with Crippen LogP contribution in [0.5, 0.6) is 11.5 Å². The van der Waals surface area contributed by atoms with Crippen molar-refractivity contribution in [3.8, 4) is 11.5 Å². The van der Waals surface area contributed by atoms with Crippen molar-refractivity contribution in [2.75, 3.05) is 13.7 Å². The fraction of sp³-hybridized carbons (Fsp3) is 0.167. The number of carboxylic acids is 1. The topological polar surface area (TPSA) is 97.2 Å². The Balaban J connectivity index is 2.13. The third-order valence-corrected chi connectivity index (χ3v) is 4.16. The second-order valence-electron chi connectivity index (χ2n) is 5.23. The number of rotatable bonds is 7. The lowest BCUT2D eigenvalue weighted by atomic mass is 10.1. The minimum atomic E-state index is -1.08. The van der Waals surface area contributed by atoms with E-state index in [9.17, 15) is 9.59 Å². The fourth-order valence-electron chi connectivity index (χ4n) is 2.14. The standard InChI is InChI=1S/C18H17IN2O5/c1-11-5-3-4-6-13(11)18(24)21-20-9-12-7-14(19)17(15(8-12)25-2)26-10-16(22)23/h3-9H,10H2,1-2H3,(H,21,24)(H,22,23)/b20-9+. The number of ether oxygens (including phenoxy) is 2. The van der Waals surface area contributed by atoms with Crippen LogP contribution in [0.25, 0.3) is 0 Å². The summed E-state index contributed by atoms with van der Waals surface area (Å²) in [5.74, 6) is -0.656. The van der Waals surface area contributed by atoms with Gasteiger partial charge in [0, 0.05) is 5.56 Å². The van der Waals surface area contributed by atoms with Crippen LogP contribution in [0.4, 0.5) is 0 Å². The van der Waals surface area contributed by atoms with Crippen LogP contribution in [-0.4, -0.2) is 36.9 Å². The van der Waals surface area contributed by atoms with E-state index in [1.54, 1.807) is 24.3 Å². The minimum absolute atomic E-state index is 0.303. The molecule has 0 atom stereocenters. The molecule has 0 aliphatic carbocycles. The molecule has 0 aromatic heterocycles. The molecule has 2 aromatic carbocycles. The van der Waals surface area contributed by atoms with Gasteiger partial charge in [-0.15, -0.1) is 0 Å². The molecule has 0 heterocycles. The van der Waals surface area contributed by atoms with Crippen LogP contribution in [0, 0.1) is 10.5 Å². The maximum Gasteiger partial charge on any atom is 0.341 e. The number of amides is 1. The van der Waals surface area contributed by atoms with Crippen molar-refractivity contribution in [3.63, 3.8) is 0 Å². The van der Waals surface area contributed by atoms with Crippen molar-refractivity contribution in [1.29, 1.82) is 0 Å². The predicted molar refractivity (Wildman–Crippen MR) is 105 cm³/mol. The summed E-state index contributed by atoms with van der Waals surface area (Å²) in [6.07, 6.45) is 1.47. The largest absolute Gasteiger partial charge is 0.493 e. The number of nitrogens with zero attached hydrogens (tertiary/aromatic N) is 1. The van der Waals surface area contributed by atoms with Gasteiger partial charge in [0.05, 0.1) is 16.9 Å². The maximum absolute atomic E-state index is 12.1. The first-order chi connectivity index (χ1) is 12.4. The molecule has 136 valence electrons. The number of nitrogens with one attached hydrogen (secondary N) is 1. The molecule has 8 heteroatoms. The van der Waals surface area contributed by atoms with E-state index in [1.807, 2.05) is 41.6 Å². The van der Waals surface area contributed by atoms with Gasteiger partial charge in [-0.1, -0.05) is 18.2 Å². The van der Waals surface area contributed by atoms with Crippen LogP contribution in [0.15, 0.2) is 41.5 Å². The quantitative estimate of drug-likeness (QED) is 0.370. The third-order valence-electron chi connectivity index (χ3n) is 3.36. The molecule has 0 spiro atoms. The number of halogens is 1. The number of hydrazone groups is 1. The Kier molecular flexibility index (Phi) is 6.96. The van der Waals surface area contributed by atoms with Gasteiger partial charge in [-0.3, -0.25) is 4.79 Å². The Hall–Kier alpha value is -2.62. The minimum Gasteiger partial charge on any atom is -0.493 e. The van der Waals surface area contributed by atoms with Crippen molar-refractivity contribution >= 4 is 40.7 Å². The SMILES string of the molecule is COc1cc(/C=N/NC(=O)c2ccccc2C)cc(I)c1OCC(=O)O. The van der Waals surface area contributed by atoms with E-state index in [0.717, 1.165) is 5.56 Å². The molecule has 7 nitrogen and oxygen atoms in total. The molecule has 2 rings (SSSR count). The zero-order chi connectivity index (χ0) is 19.1. The number of carbonyl (C=O) groups excluding carboxylic acids is 1. The Morgan fingerprint density at radius 2 is 2.04 bits per heavy atom. The second kappa shape index (κ2) is 9.18. The van der Waals surface area contributed by atoms with Crippen LogP contribution >= 0.6 is 22.6 Å². The summed E-state index contributed by atoms with van der Waals surface area (Å²) in [7, 11) is 1.46. The van der Waals surface area contributed by atoms with Crippen LogP contribution in [-0.2, 0) is 4.79 Å². The molecule has 0 aliphatic heterocycles. The Bertz CT molecular complexity index is 851. The smallest absolute Gasteiger partial charge is 0.341 e. The maximum atomic E-state index is 12.1. The molecule has 0 fully saturated rings. The molecule has 0 unspecified atom stereocenters. The molecule has 26 heavy (non-hydrogen) atoms. The van der Waals surface area contributed by atoms with Crippen molar-refractivity contribution < 1.29 is 24.2 Å². The number of carboxylic acid groups (broad SMARTS) is 1. The van der Waals surface area contributed by atoms with Crippen molar-refractivity contribution in [1.82, 2.24) is 5.43 Å². The van der Waals surface area contributed by atoms with Crippen LogP contribution in [0.1, 0.15) is 21.5 Å². The molecule has 0 bridgehead atoms. The van der Waals surface area contributed by atoms with Gasteiger partial charge in [0.25, 0.3) is 5.91 Å². The average Bonchev–Trinajstić information content (AvgIpc) is 2.60. The van der Waals surface area contributed by atoms with Gasteiger partial charge >= 0.3 is 5.97 Å². The summed E-state index contributed by atoms with van der Waals surface area (Å²) >= 11 is 2.01. The van der Waals surface area contributed by atoms with E-state index < -0.39 is 12.6 Å². The summed E-state index contributed by atoms with van der Waals surface area (Å²) in [6, 6.07) is 10.6. The molecule has 2 aromatic rings. The van der Waals surface area contributed by atoms with Gasteiger partial charge in [0.1, 0.15) is 0 Å². The molecular formula is C18H17IN2O5. The molecule has 0 radical (unpaired) electrons.